The van der Waals surface area contributed by atoms with E-state index in [1.165, 1.54) is 12.1 Å². The normalized spacial score (nSPS) is 12.2. The van der Waals surface area contributed by atoms with Crippen LogP contribution in [0.3, 0.4) is 0 Å². The zero-order valence-electron chi connectivity index (χ0n) is 9.95. The molecule has 2 nitrogen and oxygen atoms in total. The van der Waals surface area contributed by atoms with E-state index in [0.29, 0.717) is 5.02 Å². The average molecular weight is 284 g/mol. The first kappa shape index (κ1) is 13.8. The summed E-state index contributed by atoms with van der Waals surface area (Å²) in [5.74, 6) is -2.13. The molecule has 2 aromatic carbocycles. The summed E-state index contributed by atoms with van der Waals surface area (Å²) in [6, 6.07) is 10.6. The predicted molar refractivity (Wildman–Crippen MR) is 70.2 cm³/mol. The first-order chi connectivity index (χ1) is 9.11. The Bertz CT molecular complexity index is 560. The summed E-state index contributed by atoms with van der Waals surface area (Å²) in [5, 5.41) is 0.580. The predicted octanol–water partition coefficient (Wildman–Crippen LogP) is 3.70. The van der Waals surface area contributed by atoms with Crippen LogP contribution in [0.4, 0.5) is 8.78 Å². The highest BCUT2D eigenvalue weighted by Crippen LogP contribution is 2.26. The van der Waals surface area contributed by atoms with Crippen molar-refractivity contribution in [2.75, 3.05) is 6.54 Å². The maximum absolute atomic E-state index is 13.5. The van der Waals surface area contributed by atoms with Gasteiger partial charge < -0.3 is 10.5 Å². The lowest BCUT2D eigenvalue weighted by atomic mass is 10.1. The molecule has 2 rings (SSSR count). The number of ether oxygens (including phenoxy) is 1. The molecule has 1 unspecified atom stereocenters. The molecular weight excluding hydrogens is 272 g/mol. The molecular formula is C14H12ClF2NO. The standard InChI is InChI=1S/C14H12ClF2NO/c15-10-6-4-9(5-7-10)13(8-18)19-12-3-1-2-11(16)14(12)17/h1-7,13H,8,18H2. The van der Waals surface area contributed by atoms with Crippen LogP contribution in [-0.4, -0.2) is 6.54 Å². The molecule has 0 aliphatic rings. The Morgan fingerprint density at radius 1 is 1.11 bits per heavy atom. The van der Waals surface area contributed by atoms with Crippen molar-refractivity contribution in [1.29, 1.82) is 0 Å². The monoisotopic (exact) mass is 283 g/mol. The molecule has 0 amide bonds. The molecule has 1 atom stereocenters. The molecule has 100 valence electrons. The van der Waals surface area contributed by atoms with E-state index in [0.717, 1.165) is 11.6 Å². The fourth-order valence-electron chi connectivity index (χ4n) is 1.66. The number of halogens is 3. The van der Waals surface area contributed by atoms with Gasteiger partial charge in [-0.1, -0.05) is 29.8 Å². The summed E-state index contributed by atoms with van der Waals surface area (Å²) in [6.07, 6.45) is -0.562. The maximum Gasteiger partial charge on any atom is 0.200 e. The van der Waals surface area contributed by atoms with Gasteiger partial charge in [-0.3, -0.25) is 0 Å². The van der Waals surface area contributed by atoms with Crippen LogP contribution in [0.5, 0.6) is 5.75 Å². The highest BCUT2D eigenvalue weighted by Gasteiger charge is 2.16. The summed E-state index contributed by atoms with van der Waals surface area (Å²) in [5.41, 5.74) is 6.35. The second-order valence-corrected chi connectivity index (χ2v) is 4.38. The molecule has 19 heavy (non-hydrogen) atoms. The fourth-order valence-corrected chi connectivity index (χ4v) is 1.78. The van der Waals surface area contributed by atoms with E-state index in [1.54, 1.807) is 24.3 Å². The Hall–Kier alpha value is -1.65. The summed E-state index contributed by atoms with van der Waals surface area (Å²) in [4.78, 5) is 0. The minimum Gasteiger partial charge on any atom is -0.481 e. The van der Waals surface area contributed by atoms with Gasteiger partial charge in [-0.2, -0.15) is 4.39 Å². The van der Waals surface area contributed by atoms with E-state index in [2.05, 4.69) is 0 Å². The maximum atomic E-state index is 13.5. The fraction of sp³-hybridized carbons (Fsp3) is 0.143. The molecule has 0 spiro atoms. The third kappa shape index (κ3) is 3.22. The topological polar surface area (TPSA) is 35.2 Å². The van der Waals surface area contributed by atoms with Crippen LogP contribution in [0, 0.1) is 11.6 Å². The van der Waals surface area contributed by atoms with E-state index in [-0.39, 0.29) is 12.3 Å². The molecule has 0 bridgehead atoms. The molecule has 0 aliphatic heterocycles. The Morgan fingerprint density at radius 2 is 1.79 bits per heavy atom. The van der Waals surface area contributed by atoms with Crippen molar-refractivity contribution in [1.82, 2.24) is 0 Å². The lowest BCUT2D eigenvalue weighted by Gasteiger charge is -2.18. The molecule has 0 fully saturated rings. The van der Waals surface area contributed by atoms with Gasteiger partial charge >= 0.3 is 0 Å². The zero-order valence-corrected chi connectivity index (χ0v) is 10.7. The lowest BCUT2D eigenvalue weighted by molar-refractivity contribution is 0.202. The summed E-state index contributed by atoms with van der Waals surface area (Å²) < 4.78 is 32.0. The second kappa shape index (κ2) is 5.99. The molecule has 0 saturated carbocycles. The van der Waals surface area contributed by atoms with Crippen molar-refractivity contribution in [2.45, 2.75) is 6.10 Å². The van der Waals surface area contributed by atoms with Crippen LogP contribution >= 0.6 is 11.6 Å². The molecule has 0 aromatic heterocycles. The van der Waals surface area contributed by atoms with Crippen molar-refractivity contribution >= 4 is 11.6 Å². The van der Waals surface area contributed by atoms with Crippen molar-refractivity contribution in [2.24, 2.45) is 5.73 Å². The van der Waals surface area contributed by atoms with E-state index in [4.69, 9.17) is 22.1 Å². The van der Waals surface area contributed by atoms with E-state index in [1.807, 2.05) is 0 Å². The number of nitrogens with two attached hydrogens (primary N) is 1. The smallest absolute Gasteiger partial charge is 0.200 e. The number of rotatable bonds is 4. The van der Waals surface area contributed by atoms with Crippen LogP contribution in [0.15, 0.2) is 42.5 Å². The third-order valence-corrected chi connectivity index (χ3v) is 2.89. The first-order valence-corrected chi connectivity index (χ1v) is 6.06. The van der Waals surface area contributed by atoms with E-state index >= 15 is 0 Å². The number of hydrogen-bond donors (Lipinski definition) is 1. The highest BCUT2D eigenvalue weighted by molar-refractivity contribution is 6.30. The zero-order chi connectivity index (χ0) is 13.8. The second-order valence-electron chi connectivity index (χ2n) is 3.95. The first-order valence-electron chi connectivity index (χ1n) is 5.68. The minimum atomic E-state index is -1.02. The quantitative estimate of drug-likeness (QED) is 0.929. The molecule has 0 heterocycles. The van der Waals surface area contributed by atoms with Gasteiger partial charge in [0.2, 0.25) is 5.82 Å². The van der Waals surface area contributed by atoms with Gasteiger partial charge in [0.15, 0.2) is 11.6 Å². The summed E-state index contributed by atoms with van der Waals surface area (Å²) in [7, 11) is 0. The number of benzene rings is 2. The van der Waals surface area contributed by atoms with Gasteiger partial charge in [-0.25, -0.2) is 4.39 Å². The molecule has 2 aromatic rings. The van der Waals surface area contributed by atoms with Gasteiger partial charge in [0.25, 0.3) is 0 Å². The van der Waals surface area contributed by atoms with Crippen molar-refractivity contribution in [3.63, 3.8) is 0 Å². The minimum absolute atomic E-state index is 0.136. The van der Waals surface area contributed by atoms with Gasteiger partial charge in [0.1, 0.15) is 6.10 Å². The average Bonchev–Trinajstić information content (AvgIpc) is 2.42. The Balaban J connectivity index is 2.24. The van der Waals surface area contributed by atoms with Gasteiger partial charge in [-0.15, -0.1) is 0 Å². The Morgan fingerprint density at radius 3 is 2.42 bits per heavy atom. The van der Waals surface area contributed by atoms with Crippen LogP contribution in [0.2, 0.25) is 5.02 Å². The van der Waals surface area contributed by atoms with Crippen molar-refractivity contribution in [3.8, 4) is 5.75 Å². The van der Waals surface area contributed by atoms with Gasteiger partial charge in [0.05, 0.1) is 0 Å². The van der Waals surface area contributed by atoms with Gasteiger partial charge in [0, 0.05) is 11.6 Å². The molecule has 2 N–H and O–H groups in total. The molecule has 0 radical (unpaired) electrons. The Labute approximate surface area is 114 Å². The molecule has 0 saturated heterocycles. The SMILES string of the molecule is NCC(Oc1cccc(F)c1F)c1ccc(Cl)cc1. The van der Waals surface area contributed by atoms with E-state index < -0.39 is 17.7 Å². The van der Waals surface area contributed by atoms with Crippen molar-refractivity contribution in [3.05, 3.63) is 64.7 Å². The van der Waals surface area contributed by atoms with Crippen LogP contribution in [-0.2, 0) is 0 Å². The highest BCUT2D eigenvalue weighted by atomic mass is 35.5. The Kier molecular flexibility index (Phi) is 4.35. The van der Waals surface area contributed by atoms with Crippen LogP contribution in [0.25, 0.3) is 0 Å². The summed E-state index contributed by atoms with van der Waals surface area (Å²) >= 11 is 5.78. The van der Waals surface area contributed by atoms with Crippen molar-refractivity contribution < 1.29 is 13.5 Å². The lowest BCUT2D eigenvalue weighted by Crippen LogP contribution is -2.19. The van der Waals surface area contributed by atoms with Crippen LogP contribution < -0.4 is 10.5 Å². The largest absolute Gasteiger partial charge is 0.481 e. The molecule has 0 aliphatic carbocycles. The third-order valence-electron chi connectivity index (χ3n) is 2.64. The molecule has 5 heteroatoms. The van der Waals surface area contributed by atoms with Crippen LogP contribution in [0.1, 0.15) is 11.7 Å². The summed E-state index contributed by atoms with van der Waals surface area (Å²) in [6.45, 7) is 0.136. The van der Waals surface area contributed by atoms with Gasteiger partial charge in [-0.05, 0) is 29.8 Å². The van der Waals surface area contributed by atoms with E-state index in [9.17, 15) is 8.78 Å². The number of hydrogen-bond acceptors (Lipinski definition) is 2.